The Morgan fingerprint density at radius 2 is 2.11 bits per heavy atom. The van der Waals surface area contributed by atoms with E-state index in [0.29, 0.717) is 5.57 Å². The van der Waals surface area contributed by atoms with Gasteiger partial charge in [0, 0.05) is 0 Å². The number of hydrogen-bond donors (Lipinski definition) is 0. The molecule has 0 saturated heterocycles. The SMILES string of the molecule is N#C/C(=C/c1cccs1)c1nc(-c2cccs2)c[se]1. The van der Waals surface area contributed by atoms with E-state index in [-0.39, 0.29) is 14.5 Å². The van der Waals surface area contributed by atoms with Crippen molar-refractivity contribution in [3.63, 3.8) is 0 Å². The van der Waals surface area contributed by atoms with Crippen molar-refractivity contribution in [2.75, 3.05) is 0 Å². The third kappa shape index (κ3) is 2.78. The van der Waals surface area contributed by atoms with E-state index in [4.69, 9.17) is 0 Å². The van der Waals surface area contributed by atoms with Gasteiger partial charge in [-0.3, -0.25) is 0 Å². The van der Waals surface area contributed by atoms with Crippen LogP contribution in [0.5, 0.6) is 0 Å². The van der Waals surface area contributed by atoms with E-state index in [1.807, 2.05) is 35.0 Å². The third-order valence-corrected chi connectivity index (χ3v) is 6.01. The molecule has 5 heteroatoms. The Kier molecular flexibility index (Phi) is 3.76. The molecule has 19 heavy (non-hydrogen) atoms. The fourth-order valence-electron chi connectivity index (χ4n) is 1.59. The van der Waals surface area contributed by atoms with Crippen LogP contribution in [0.2, 0.25) is 0 Å². The van der Waals surface area contributed by atoms with E-state index in [1.54, 1.807) is 22.7 Å². The van der Waals surface area contributed by atoms with Crippen LogP contribution in [-0.2, 0) is 0 Å². The first kappa shape index (κ1) is 12.6. The molecule has 0 aliphatic carbocycles. The van der Waals surface area contributed by atoms with Crippen molar-refractivity contribution in [2.45, 2.75) is 0 Å². The van der Waals surface area contributed by atoms with Gasteiger partial charge in [0.25, 0.3) is 0 Å². The quantitative estimate of drug-likeness (QED) is 0.531. The summed E-state index contributed by atoms with van der Waals surface area (Å²) in [6, 6.07) is 10.4. The summed E-state index contributed by atoms with van der Waals surface area (Å²) >= 11 is 3.47. The monoisotopic (exact) mass is 348 g/mol. The third-order valence-electron chi connectivity index (χ3n) is 2.46. The summed E-state index contributed by atoms with van der Waals surface area (Å²) in [5.41, 5.74) is 1.70. The standard InChI is InChI=1S/C14H8N2S2Se/c15-8-10(7-11-3-1-5-17-11)14-16-12(9-19-14)13-4-2-6-18-13/h1-7,9H/b10-7-. The van der Waals surface area contributed by atoms with Crippen LogP contribution in [-0.4, -0.2) is 19.5 Å². The van der Waals surface area contributed by atoms with Crippen LogP contribution >= 0.6 is 22.7 Å². The number of aromatic nitrogens is 1. The van der Waals surface area contributed by atoms with Crippen molar-refractivity contribution < 1.29 is 0 Å². The maximum atomic E-state index is 9.30. The van der Waals surface area contributed by atoms with Gasteiger partial charge in [-0.1, -0.05) is 0 Å². The number of thiophene rings is 2. The first-order valence-corrected chi connectivity index (χ1v) is 9.12. The van der Waals surface area contributed by atoms with E-state index in [2.05, 4.69) is 22.1 Å². The van der Waals surface area contributed by atoms with Crippen LogP contribution in [0.1, 0.15) is 9.44 Å². The molecule has 0 saturated carbocycles. The predicted molar refractivity (Wildman–Crippen MR) is 82.3 cm³/mol. The van der Waals surface area contributed by atoms with Crippen LogP contribution in [0.15, 0.2) is 40.0 Å². The summed E-state index contributed by atoms with van der Waals surface area (Å²) in [6.45, 7) is 0. The first-order valence-electron chi connectivity index (χ1n) is 5.52. The normalized spacial score (nSPS) is 11.4. The molecular formula is C14H8N2S2Se. The van der Waals surface area contributed by atoms with E-state index in [0.717, 1.165) is 15.1 Å². The fraction of sp³-hybridized carbons (Fsp3) is 0. The second-order valence-electron chi connectivity index (χ2n) is 3.70. The minimum absolute atomic E-state index is 0.151. The van der Waals surface area contributed by atoms with Gasteiger partial charge in [-0.15, -0.1) is 0 Å². The van der Waals surface area contributed by atoms with Crippen molar-refractivity contribution in [3.8, 4) is 16.6 Å². The molecule has 3 aromatic rings. The molecule has 0 aliphatic heterocycles. The molecule has 3 heterocycles. The minimum atomic E-state index is 0.151. The molecule has 3 aromatic heterocycles. The molecule has 0 N–H and O–H groups in total. The number of rotatable bonds is 3. The second kappa shape index (κ2) is 5.68. The van der Waals surface area contributed by atoms with Crippen molar-refractivity contribution >= 4 is 48.8 Å². The van der Waals surface area contributed by atoms with E-state index in [1.165, 1.54) is 4.88 Å². The maximum absolute atomic E-state index is 9.30. The zero-order valence-corrected chi connectivity index (χ0v) is 13.1. The summed E-state index contributed by atoms with van der Waals surface area (Å²) in [5.74, 6) is 0. The van der Waals surface area contributed by atoms with Gasteiger partial charge in [0.15, 0.2) is 0 Å². The van der Waals surface area contributed by atoms with Gasteiger partial charge in [0.2, 0.25) is 0 Å². The number of hydrogen-bond acceptors (Lipinski definition) is 4. The molecule has 0 bridgehead atoms. The Labute approximate surface area is 125 Å². The Hall–Kier alpha value is -1.44. The van der Waals surface area contributed by atoms with Crippen LogP contribution in [0, 0.1) is 11.3 Å². The Balaban J connectivity index is 1.96. The molecule has 0 amide bonds. The topological polar surface area (TPSA) is 36.7 Å². The van der Waals surface area contributed by atoms with Gasteiger partial charge in [-0.05, 0) is 0 Å². The van der Waals surface area contributed by atoms with E-state index in [9.17, 15) is 5.26 Å². The van der Waals surface area contributed by atoms with Crippen LogP contribution in [0.4, 0.5) is 0 Å². The van der Waals surface area contributed by atoms with Crippen molar-refractivity contribution in [3.05, 3.63) is 49.4 Å². The summed E-state index contributed by atoms with van der Waals surface area (Å²) < 4.78 is 0.923. The number of allylic oxidation sites excluding steroid dienone is 1. The van der Waals surface area contributed by atoms with E-state index >= 15 is 0 Å². The molecule has 0 atom stereocenters. The van der Waals surface area contributed by atoms with Crippen LogP contribution in [0.25, 0.3) is 22.2 Å². The summed E-state index contributed by atoms with van der Waals surface area (Å²) in [4.78, 5) is 9.03. The van der Waals surface area contributed by atoms with Gasteiger partial charge in [0.05, 0.1) is 0 Å². The average molecular weight is 347 g/mol. The zero-order valence-electron chi connectivity index (χ0n) is 9.74. The van der Waals surface area contributed by atoms with Gasteiger partial charge in [-0.25, -0.2) is 0 Å². The van der Waals surface area contributed by atoms with Gasteiger partial charge in [0.1, 0.15) is 0 Å². The molecule has 0 radical (unpaired) electrons. The predicted octanol–water partition coefficient (Wildman–Crippen LogP) is 3.99. The zero-order chi connectivity index (χ0) is 13.1. The fourth-order valence-corrected chi connectivity index (χ4v) is 4.75. The Bertz CT molecular complexity index is 731. The number of nitrogens with zero attached hydrogens (tertiary/aromatic N) is 2. The molecule has 0 spiro atoms. The van der Waals surface area contributed by atoms with Crippen molar-refractivity contribution in [1.29, 1.82) is 5.26 Å². The summed E-state index contributed by atoms with van der Waals surface area (Å²) in [7, 11) is 0. The molecular weight excluding hydrogens is 339 g/mol. The van der Waals surface area contributed by atoms with Crippen molar-refractivity contribution in [1.82, 2.24) is 4.98 Å². The molecule has 0 fully saturated rings. The molecule has 0 aliphatic rings. The summed E-state index contributed by atoms with van der Waals surface area (Å²) in [5, 5.41) is 13.4. The average Bonchev–Trinajstić information content (AvgIpc) is 3.15. The van der Waals surface area contributed by atoms with Gasteiger partial charge < -0.3 is 0 Å². The van der Waals surface area contributed by atoms with Crippen LogP contribution in [0.3, 0.4) is 0 Å². The molecule has 92 valence electrons. The van der Waals surface area contributed by atoms with Gasteiger partial charge >= 0.3 is 125 Å². The summed E-state index contributed by atoms with van der Waals surface area (Å²) in [6.07, 6.45) is 1.93. The second-order valence-corrected chi connectivity index (χ2v) is 7.43. The Morgan fingerprint density at radius 3 is 2.79 bits per heavy atom. The Morgan fingerprint density at radius 1 is 1.26 bits per heavy atom. The van der Waals surface area contributed by atoms with Crippen LogP contribution < -0.4 is 0 Å². The van der Waals surface area contributed by atoms with Crippen molar-refractivity contribution in [2.24, 2.45) is 0 Å². The first-order chi connectivity index (χ1) is 9.36. The molecule has 3 rings (SSSR count). The van der Waals surface area contributed by atoms with E-state index < -0.39 is 0 Å². The molecule has 0 unspecified atom stereocenters. The molecule has 0 aromatic carbocycles. The van der Waals surface area contributed by atoms with Gasteiger partial charge in [-0.2, -0.15) is 0 Å². The molecule has 2 nitrogen and oxygen atoms in total. The number of nitriles is 1.